The standard InChI is InChI=1S/C24H32N2O3/c1-19-6-8-23(29-19)22-5-3-2-4-21(22)18-25-12-10-20(11-13-25)7-9-24(27)26-14-16-28-17-15-26/h2-6,8,20H,7,9-18H2,1H3. The monoisotopic (exact) mass is 396 g/mol. The number of piperidine rings is 1. The summed E-state index contributed by atoms with van der Waals surface area (Å²) in [7, 11) is 0. The molecule has 2 saturated heterocycles. The first kappa shape index (κ1) is 20.2. The molecular weight excluding hydrogens is 364 g/mol. The molecule has 0 unspecified atom stereocenters. The van der Waals surface area contributed by atoms with Crippen LogP contribution in [0.5, 0.6) is 0 Å². The molecule has 2 fully saturated rings. The molecule has 1 amide bonds. The first-order valence-electron chi connectivity index (χ1n) is 10.9. The summed E-state index contributed by atoms with van der Waals surface area (Å²) in [4.78, 5) is 16.9. The highest BCUT2D eigenvalue weighted by atomic mass is 16.5. The van der Waals surface area contributed by atoms with Gasteiger partial charge < -0.3 is 14.1 Å². The van der Waals surface area contributed by atoms with Crippen LogP contribution in [0.25, 0.3) is 11.3 Å². The lowest BCUT2D eigenvalue weighted by molar-refractivity contribution is -0.135. The van der Waals surface area contributed by atoms with E-state index in [0.717, 1.165) is 50.7 Å². The third kappa shape index (κ3) is 5.28. The minimum atomic E-state index is 0.304. The summed E-state index contributed by atoms with van der Waals surface area (Å²) in [6.07, 6.45) is 4.06. The van der Waals surface area contributed by atoms with Crippen LogP contribution in [0.1, 0.15) is 37.0 Å². The minimum absolute atomic E-state index is 0.304. The summed E-state index contributed by atoms with van der Waals surface area (Å²) in [5.74, 6) is 2.87. The molecule has 2 aromatic rings. The van der Waals surface area contributed by atoms with Gasteiger partial charge in [0.1, 0.15) is 11.5 Å². The fourth-order valence-electron chi connectivity index (χ4n) is 4.45. The molecule has 2 aliphatic heterocycles. The Morgan fingerprint density at radius 1 is 1.03 bits per heavy atom. The van der Waals surface area contributed by atoms with Gasteiger partial charge >= 0.3 is 0 Å². The number of aryl methyl sites for hydroxylation is 1. The summed E-state index contributed by atoms with van der Waals surface area (Å²) in [6.45, 7) is 8.02. The van der Waals surface area contributed by atoms with Gasteiger partial charge in [0.25, 0.3) is 0 Å². The molecule has 29 heavy (non-hydrogen) atoms. The fourth-order valence-corrected chi connectivity index (χ4v) is 4.45. The average Bonchev–Trinajstić information content (AvgIpc) is 3.20. The molecule has 1 aromatic heterocycles. The summed E-state index contributed by atoms with van der Waals surface area (Å²) in [5, 5.41) is 0. The lowest BCUT2D eigenvalue weighted by Crippen LogP contribution is -2.41. The number of furan rings is 1. The minimum Gasteiger partial charge on any atom is -0.461 e. The molecule has 1 aromatic carbocycles. The Labute approximate surface area is 173 Å². The molecule has 3 heterocycles. The summed E-state index contributed by atoms with van der Waals surface area (Å²) >= 11 is 0. The Bertz CT molecular complexity index is 802. The molecule has 2 aliphatic rings. The highest BCUT2D eigenvalue weighted by molar-refractivity contribution is 5.76. The van der Waals surface area contributed by atoms with E-state index in [4.69, 9.17) is 9.15 Å². The van der Waals surface area contributed by atoms with Gasteiger partial charge in [-0.1, -0.05) is 24.3 Å². The first-order chi connectivity index (χ1) is 14.2. The van der Waals surface area contributed by atoms with Crippen LogP contribution in [-0.2, 0) is 16.1 Å². The Kier molecular flexibility index (Phi) is 6.67. The second kappa shape index (κ2) is 9.59. The fraction of sp³-hybridized carbons (Fsp3) is 0.542. The number of likely N-dealkylation sites (tertiary alicyclic amines) is 1. The van der Waals surface area contributed by atoms with E-state index in [1.54, 1.807) is 0 Å². The molecule has 0 atom stereocenters. The third-order valence-electron chi connectivity index (χ3n) is 6.25. The largest absolute Gasteiger partial charge is 0.461 e. The molecule has 0 N–H and O–H groups in total. The van der Waals surface area contributed by atoms with E-state index in [2.05, 4.69) is 35.2 Å². The second-order valence-electron chi connectivity index (χ2n) is 8.32. The number of ether oxygens (including phenoxy) is 1. The van der Waals surface area contributed by atoms with Crippen molar-refractivity contribution >= 4 is 5.91 Å². The molecule has 5 heteroatoms. The van der Waals surface area contributed by atoms with Crippen LogP contribution < -0.4 is 0 Å². The Balaban J connectivity index is 1.26. The lowest BCUT2D eigenvalue weighted by Gasteiger charge is -2.33. The number of amides is 1. The smallest absolute Gasteiger partial charge is 0.222 e. The summed E-state index contributed by atoms with van der Waals surface area (Å²) in [6, 6.07) is 12.6. The van der Waals surface area contributed by atoms with Crippen LogP contribution in [0.15, 0.2) is 40.8 Å². The molecule has 0 spiro atoms. The van der Waals surface area contributed by atoms with Crippen molar-refractivity contribution in [2.75, 3.05) is 39.4 Å². The van der Waals surface area contributed by atoms with E-state index in [1.165, 1.54) is 24.0 Å². The van der Waals surface area contributed by atoms with Crippen LogP contribution in [0.3, 0.4) is 0 Å². The van der Waals surface area contributed by atoms with E-state index in [1.807, 2.05) is 17.9 Å². The maximum absolute atomic E-state index is 12.4. The third-order valence-corrected chi connectivity index (χ3v) is 6.25. The van der Waals surface area contributed by atoms with Gasteiger partial charge in [0.15, 0.2) is 0 Å². The van der Waals surface area contributed by atoms with Crippen LogP contribution >= 0.6 is 0 Å². The van der Waals surface area contributed by atoms with Crippen LogP contribution in [0.2, 0.25) is 0 Å². The maximum atomic E-state index is 12.4. The zero-order valence-corrected chi connectivity index (χ0v) is 17.4. The van der Waals surface area contributed by atoms with Gasteiger partial charge in [0, 0.05) is 31.6 Å². The van der Waals surface area contributed by atoms with Gasteiger partial charge in [-0.05, 0) is 62.9 Å². The number of hydrogen-bond acceptors (Lipinski definition) is 4. The van der Waals surface area contributed by atoms with Crippen molar-refractivity contribution < 1.29 is 13.9 Å². The summed E-state index contributed by atoms with van der Waals surface area (Å²) in [5.41, 5.74) is 2.52. The van der Waals surface area contributed by atoms with Crippen LogP contribution in [-0.4, -0.2) is 55.1 Å². The van der Waals surface area contributed by atoms with Crippen molar-refractivity contribution in [3.05, 3.63) is 47.7 Å². The lowest BCUT2D eigenvalue weighted by atomic mass is 9.91. The average molecular weight is 397 g/mol. The topological polar surface area (TPSA) is 45.9 Å². The van der Waals surface area contributed by atoms with Crippen molar-refractivity contribution in [2.45, 2.75) is 39.2 Å². The van der Waals surface area contributed by atoms with Gasteiger partial charge in [0.2, 0.25) is 5.91 Å². The first-order valence-corrected chi connectivity index (χ1v) is 10.9. The Morgan fingerprint density at radius 2 is 1.79 bits per heavy atom. The summed E-state index contributed by atoms with van der Waals surface area (Å²) < 4.78 is 11.2. The van der Waals surface area contributed by atoms with E-state index in [-0.39, 0.29) is 0 Å². The SMILES string of the molecule is Cc1ccc(-c2ccccc2CN2CCC(CCC(=O)N3CCOCC3)CC2)o1. The van der Waals surface area contributed by atoms with E-state index in [9.17, 15) is 4.79 Å². The zero-order chi connectivity index (χ0) is 20.1. The van der Waals surface area contributed by atoms with Gasteiger partial charge in [-0.3, -0.25) is 9.69 Å². The van der Waals surface area contributed by atoms with Gasteiger partial charge in [0.05, 0.1) is 13.2 Å². The van der Waals surface area contributed by atoms with E-state index < -0.39 is 0 Å². The zero-order valence-electron chi connectivity index (χ0n) is 17.4. The normalized spacial score (nSPS) is 18.9. The number of nitrogens with zero attached hydrogens (tertiary/aromatic N) is 2. The Morgan fingerprint density at radius 3 is 2.52 bits per heavy atom. The number of rotatable bonds is 6. The number of carbonyl (C=O) groups is 1. The molecule has 5 nitrogen and oxygen atoms in total. The van der Waals surface area contributed by atoms with E-state index in [0.29, 0.717) is 31.5 Å². The molecule has 0 radical (unpaired) electrons. The van der Waals surface area contributed by atoms with Crippen molar-refractivity contribution in [1.82, 2.24) is 9.80 Å². The number of carbonyl (C=O) groups excluding carboxylic acids is 1. The van der Waals surface area contributed by atoms with Crippen LogP contribution in [0.4, 0.5) is 0 Å². The quantitative estimate of drug-likeness (QED) is 0.737. The van der Waals surface area contributed by atoms with Gasteiger partial charge in [-0.25, -0.2) is 0 Å². The molecular formula is C24H32N2O3. The predicted molar refractivity (Wildman–Crippen MR) is 114 cm³/mol. The molecule has 0 aliphatic carbocycles. The van der Waals surface area contributed by atoms with E-state index >= 15 is 0 Å². The molecule has 4 rings (SSSR count). The number of hydrogen-bond donors (Lipinski definition) is 0. The Hall–Kier alpha value is -2.11. The molecule has 0 bridgehead atoms. The van der Waals surface area contributed by atoms with Crippen molar-refractivity contribution in [1.29, 1.82) is 0 Å². The maximum Gasteiger partial charge on any atom is 0.222 e. The van der Waals surface area contributed by atoms with Crippen molar-refractivity contribution in [3.63, 3.8) is 0 Å². The second-order valence-corrected chi connectivity index (χ2v) is 8.32. The highest BCUT2D eigenvalue weighted by Gasteiger charge is 2.23. The van der Waals surface area contributed by atoms with Crippen molar-refractivity contribution in [3.8, 4) is 11.3 Å². The van der Waals surface area contributed by atoms with Gasteiger partial charge in [-0.2, -0.15) is 0 Å². The highest BCUT2D eigenvalue weighted by Crippen LogP contribution is 2.29. The predicted octanol–water partition coefficient (Wildman–Crippen LogP) is 4.11. The molecule has 0 saturated carbocycles. The van der Waals surface area contributed by atoms with Crippen LogP contribution in [0, 0.1) is 12.8 Å². The van der Waals surface area contributed by atoms with Crippen molar-refractivity contribution in [2.24, 2.45) is 5.92 Å². The van der Waals surface area contributed by atoms with Gasteiger partial charge in [-0.15, -0.1) is 0 Å². The molecule has 156 valence electrons. The number of benzene rings is 1. The number of morpholine rings is 1.